The summed E-state index contributed by atoms with van der Waals surface area (Å²) < 4.78 is 46.3. The van der Waals surface area contributed by atoms with Crippen LogP contribution in [0.2, 0.25) is 0 Å². The van der Waals surface area contributed by atoms with Crippen LogP contribution < -0.4 is 4.74 Å². The van der Waals surface area contributed by atoms with Crippen molar-refractivity contribution in [1.29, 1.82) is 0 Å². The van der Waals surface area contributed by atoms with Gasteiger partial charge in [0, 0.05) is 29.3 Å². The molecule has 0 aliphatic carbocycles. The number of ether oxygens (including phenoxy) is 1. The number of halogens is 3. The molecule has 1 saturated heterocycles. The monoisotopic (exact) mass is 530 g/mol. The van der Waals surface area contributed by atoms with E-state index >= 15 is 0 Å². The van der Waals surface area contributed by atoms with Crippen molar-refractivity contribution in [3.05, 3.63) is 70.7 Å². The molecule has 0 unspecified atom stereocenters. The van der Waals surface area contributed by atoms with Gasteiger partial charge in [0.05, 0.1) is 24.1 Å². The zero-order valence-electron chi connectivity index (χ0n) is 21.6. The van der Waals surface area contributed by atoms with E-state index in [0.717, 1.165) is 22.0 Å². The van der Waals surface area contributed by atoms with E-state index < -0.39 is 34.9 Å². The van der Waals surface area contributed by atoms with Crippen molar-refractivity contribution in [2.75, 3.05) is 26.7 Å². The highest BCUT2D eigenvalue weighted by Gasteiger charge is 2.41. The molecule has 0 bridgehead atoms. The molecule has 1 atom stereocenters. The van der Waals surface area contributed by atoms with Gasteiger partial charge in [-0.05, 0) is 94.4 Å². The number of carboxylic acid groups (broad SMARTS) is 1. The number of rotatable bonds is 10. The SMILES string of the molecule is COc1ccc2ncc(C)c([C@H](O)CCC3(C(=O)O)CCN(CCCc4c(F)cc(F)cc4F)CC3)c2c1. The zero-order chi connectivity index (χ0) is 27.4. The second-order valence-electron chi connectivity index (χ2n) is 10.2. The Morgan fingerprint density at radius 1 is 1.16 bits per heavy atom. The van der Waals surface area contributed by atoms with Gasteiger partial charge in [0.15, 0.2) is 0 Å². The van der Waals surface area contributed by atoms with Crippen LogP contribution in [0.1, 0.15) is 54.9 Å². The molecule has 204 valence electrons. The van der Waals surface area contributed by atoms with Gasteiger partial charge in [0.1, 0.15) is 23.2 Å². The molecule has 3 aromatic rings. The number of pyridine rings is 1. The highest BCUT2D eigenvalue weighted by molar-refractivity contribution is 5.85. The van der Waals surface area contributed by atoms with E-state index in [1.165, 1.54) is 0 Å². The Hall–Kier alpha value is -3.17. The fraction of sp³-hybridized carbons (Fsp3) is 0.448. The van der Waals surface area contributed by atoms with E-state index in [1.807, 2.05) is 19.1 Å². The average Bonchev–Trinajstić information content (AvgIpc) is 2.89. The maximum absolute atomic E-state index is 13.9. The summed E-state index contributed by atoms with van der Waals surface area (Å²) in [6.45, 7) is 3.49. The third-order valence-electron chi connectivity index (χ3n) is 7.82. The lowest BCUT2D eigenvalue weighted by Gasteiger charge is -2.39. The van der Waals surface area contributed by atoms with Crippen molar-refractivity contribution in [3.8, 4) is 5.75 Å². The van der Waals surface area contributed by atoms with E-state index in [-0.39, 0.29) is 18.4 Å². The molecule has 6 nitrogen and oxygen atoms in total. The first-order valence-electron chi connectivity index (χ1n) is 12.8. The summed E-state index contributed by atoms with van der Waals surface area (Å²) in [7, 11) is 1.57. The van der Waals surface area contributed by atoms with Gasteiger partial charge in [0.25, 0.3) is 0 Å². The number of hydrogen-bond donors (Lipinski definition) is 2. The molecule has 2 aromatic carbocycles. The van der Waals surface area contributed by atoms with Crippen LogP contribution in [0, 0.1) is 29.8 Å². The molecule has 0 amide bonds. The Balaban J connectivity index is 1.37. The van der Waals surface area contributed by atoms with E-state index in [2.05, 4.69) is 9.88 Å². The Labute approximate surface area is 220 Å². The first-order valence-corrected chi connectivity index (χ1v) is 12.8. The Morgan fingerprint density at radius 3 is 2.47 bits per heavy atom. The molecule has 1 aromatic heterocycles. The number of aliphatic hydroxyl groups excluding tert-OH is 1. The van der Waals surface area contributed by atoms with Gasteiger partial charge < -0.3 is 19.8 Å². The molecule has 2 N–H and O–H groups in total. The molecule has 38 heavy (non-hydrogen) atoms. The fourth-order valence-corrected chi connectivity index (χ4v) is 5.48. The van der Waals surface area contributed by atoms with Crippen LogP contribution in [0.5, 0.6) is 5.75 Å². The summed E-state index contributed by atoms with van der Waals surface area (Å²) in [5, 5.41) is 22.1. The van der Waals surface area contributed by atoms with Gasteiger partial charge in [-0.3, -0.25) is 9.78 Å². The fourth-order valence-electron chi connectivity index (χ4n) is 5.48. The third-order valence-corrected chi connectivity index (χ3v) is 7.82. The van der Waals surface area contributed by atoms with Gasteiger partial charge in [-0.1, -0.05) is 0 Å². The minimum Gasteiger partial charge on any atom is -0.497 e. The number of carboxylic acids is 1. The summed E-state index contributed by atoms with van der Waals surface area (Å²) in [4.78, 5) is 18.9. The largest absolute Gasteiger partial charge is 0.497 e. The van der Waals surface area contributed by atoms with E-state index in [0.29, 0.717) is 63.2 Å². The normalized spacial score (nSPS) is 16.5. The number of aryl methyl sites for hydroxylation is 1. The summed E-state index contributed by atoms with van der Waals surface area (Å²) in [5.41, 5.74) is 1.20. The minimum absolute atomic E-state index is 0.131. The molecule has 0 saturated carbocycles. The van der Waals surface area contributed by atoms with Crippen LogP contribution in [0.25, 0.3) is 10.9 Å². The molecular formula is C29H33F3N2O4. The van der Waals surface area contributed by atoms with Gasteiger partial charge >= 0.3 is 5.97 Å². The van der Waals surface area contributed by atoms with Crippen LogP contribution in [0.15, 0.2) is 36.5 Å². The lowest BCUT2D eigenvalue weighted by atomic mass is 9.73. The predicted octanol–water partition coefficient (Wildman–Crippen LogP) is 5.58. The first kappa shape index (κ1) is 27.9. The van der Waals surface area contributed by atoms with Gasteiger partial charge in [-0.2, -0.15) is 0 Å². The minimum atomic E-state index is -0.957. The van der Waals surface area contributed by atoms with Crippen molar-refractivity contribution in [2.45, 2.75) is 51.6 Å². The molecule has 0 radical (unpaired) electrons. The molecule has 1 aliphatic heterocycles. The molecular weight excluding hydrogens is 497 g/mol. The molecule has 4 rings (SSSR count). The van der Waals surface area contributed by atoms with E-state index in [1.54, 1.807) is 19.4 Å². The smallest absolute Gasteiger partial charge is 0.309 e. The molecule has 1 aliphatic rings. The molecule has 1 fully saturated rings. The Bertz CT molecular complexity index is 1290. The molecule has 0 spiro atoms. The van der Waals surface area contributed by atoms with Gasteiger partial charge in [0.2, 0.25) is 0 Å². The molecule has 9 heteroatoms. The van der Waals surface area contributed by atoms with Crippen LogP contribution in [-0.4, -0.2) is 52.8 Å². The Kier molecular flexibility index (Phi) is 8.57. The standard InChI is InChI=1S/C29H33F3N2O4/c1-18-17-33-25-6-5-20(38-2)16-22(25)27(18)26(35)7-8-29(28(36)37)9-12-34(13-10-29)11-3-4-21-23(31)14-19(30)15-24(21)32/h5-6,14-17,26,35H,3-4,7-13H2,1-2H3,(H,36,37)/t26-/m1/s1. The average molecular weight is 531 g/mol. The number of likely N-dealkylation sites (tertiary alicyclic amines) is 1. The van der Waals surface area contributed by atoms with Crippen molar-refractivity contribution in [1.82, 2.24) is 9.88 Å². The number of aliphatic carboxylic acids is 1. The number of carbonyl (C=O) groups is 1. The lowest BCUT2D eigenvalue weighted by Crippen LogP contribution is -2.44. The van der Waals surface area contributed by atoms with Crippen LogP contribution in [-0.2, 0) is 11.2 Å². The second-order valence-corrected chi connectivity index (χ2v) is 10.2. The number of hydrogen-bond acceptors (Lipinski definition) is 5. The van der Waals surface area contributed by atoms with Crippen LogP contribution >= 0.6 is 0 Å². The number of methoxy groups -OCH3 is 1. The number of piperidine rings is 1. The van der Waals surface area contributed by atoms with Crippen LogP contribution in [0.3, 0.4) is 0 Å². The summed E-state index contributed by atoms with van der Waals surface area (Å²) in [5.74, 6) is -2.95. The maximum atomic E-state index is 13.9. The first-order chi connectivity index (χ1) is 18.1. The number of aromatic nitrogens is 1. The lowest BCUT2D eigenvalue weighted by molar-refractivity contribution is -0.153. The number of aliphatic hydroxyl groups is 1. The second kappa shape index (κ2) is 11.7. The highest BCUT2D eigenvalue weighted by atomic mass is 19.1. The topological polar surface area (TPSA) is 82.9 Å². The number of benzene rings is 2. The van der Waals surface area contributed by atoms with Gasteiger partial charge in [-0.15, -0.1) is 0 Å². The van der Waals surface area contributed by atoms with E-state index in [9.17, 15) is 28.2 Å². The van der Waals surface area contributed by atoms with Crippen molar-refractivity contribution in [3.63, 3.8) is 0 Å². The maximum Gasteiger partial charge on any atom is 0.309 e. The predicted molar refractivity (Wildman–Crippen MR) is 138 cm³/mol. The van der Waals surface area contributed by atoms with Crippen molar-refractivity contribution >= 4 is 16.9 Å². The van der Waals surface area contributed by atoms with Gasteiger partial charge in [-0.25, -0.2) is 13.2 Å². The number of fused-ring (bicyclic) bond motifs is 1. The Morgan fingerprint density at radius 2 is 1.84 bits per heavy atom. The summed E-state index contributed by atoms with van der Waals surface area (Å²) in [6.07, 6.45) is 2.88. The van der Waals surface area contributed by atoms with E-state index in [4.69, 9.17) is 4.74 Å². The highest BCUT2D eigenvalue weighted by Crippen LogP contribution is 2.40. The van der Waals surface area contributed by atoms with Crippen molar-refractivity contribution in [2.24, 2.45) is 5.41 Å². The van der Waals surface area contributed by atoms with Crippen LogP contribution in [0.4, 0.5) is 13.2 Å². The zero-order valence-corrected chi connectivity index (χ0v) is 21.6. The van der Waals surface area contributed by atoms with Crippen molar-refractivity contribution < 1.29 is 32.9 Å². The quantitative estimate of drug-likeness (QED) is 0.356. The molecule has 2 heterocycles. The summed E-state index contributed by atoms with van der Waals surface area (Å²) >= 11 is 0. The summed E-state index contributed by atoms with van der Waals surface area (Å²) in [6, 6.07) is 6.84. The number of nitrogens with zero attached hydrogens (tertiary/aromatic N) is 2. The third kappa shape index (κ3) is 5.94.